The summed E-state index contributed by atoms with van der Waals surface area (Å²) in [4.78, 5) is 4.50. The third-order valence-corrected chi connectivity index (χ3v) is 4.46. The van der Waals surface area contributed by atoms with Crippen molar-refractivity contribution >= 4 is 41.3 Å². The van der Waals surface area contributed by atoms with E-state index in [1.165, 1.54) is 0 Å². The van der Waals surface area contributed by atoms with Gasteiger partial charge < -0.3 is 4.48 Å². The monoisotopic (exact) mass is 422 g/mol. The molecular weight excluding hydrogens is 408 g/mol. The van der Waals surface area contributed by atoms with Crippen LogP contribution in [0, 0.1) is 10.5 Å². The highest BCUT2D eigenvalue weighted by molar-refractivity contribution is 14.1. The summed E-state index contributed by atoms with van der Waals surface area (Å²) in [5.41, 5.74) is 4.20. The Morgan fingerprint density at radius 1 is 1.04 bits per heavy atom. The second-order valence-corrected chi connectivity index (χ2v) is 6.61. The van der Waals surface area contributed by atoms with E-state index in [0.29, 0.717) is 17.1 Å². The molecule has 2 nitrogen and oxygen atoms in total. The predicted octanol–water partition coefficient (Wildman–Crippen LogP) is 4.96. The number of benzene rings is 1. The zero-order chi connectivity index (χ0) is 16.6. The van der Waals surface area contributed by atoms with Crippen LogP contribution in [0.2, 0.25) is 0 Å². The average Bonchev–Trinajstić information content (AvgIpc) is 3.08. The van der Waals surface area contributed by atoms with Gasteiger partial charge in [0.05, 0.1) is 5.70 Å². The standard InChI is InChI=1S/C17H14BF2IN2/c1-11-3-9-15(22-11)17(13-5-7-14(21)8-6-13)16-10-4-12(2)23(16)18(19)20/h3-10H,1-2H3/b17-15+. The number of aryl methyl sites for hydroxylation is 1. The average molecular weight is 422 g/mol. The molecule has 0 amide bonds. The van der Waals surface area contributed by atoms with E-state index in [2.05, 4.69) is 27.6 Å². The number of aromatic nitrogens is 1. The Morgan fingerprint density at radius 3 is 2.30 bits per heavy atom. The lowest BCUT2D eigenvalue weighted by Crippen LogP contribution is -2.17. The van der Waals surface area contributed by atoms with Crippen LogP contribution in [-0.4, -0.2) is 17.6 Å². The zero-order valence-electron chi connectivity index (χ0n) is 12.7. The van der Waals surface area contributed by atoms with Crippen LogP contribution in [0.15, 0.2) is 59.2 Å². The summed E-state index contributed by atoms with van der Waals surface area (Å²) in [6, 6.07) is 11.3. The maximum absolute atomic E-state index is 13.5. The summed E-state index contributed by atoms with van der Waals surface area (Å²) < 4.78 is 29.2. The molecule has 116 valence electrons. The van der Waals surface area contributed by atoms with Crippen molar-refractivity contribution in [3.05, 3.63) is 74.8 Å². The number of hydrogen-bond donors (Lipinski definition) is 0. The van der Waals surface area contributed by atoms with E-state index in [4.69, 9.17) is 0 Å². The summed E-state index contributed by atoms with van der Waals surface area (Å²) in [6.45, 7) is 3.58. The quantitative estimate of drug-likeness (QED) is 0.492. The van der Waals surface area contributed by atoms with E-state index < -0.39 is 7.40 Å². The van der Waals surface area contributed by atoms with Gasteiger partial charge in [0, 0.05) is 26.2 Å². The lowest BCUT2D eigenvalue weighted by atomic mass is 9.99. The minimum Gasteiger partial charge on any atom is -0.329 e. The number of nitrogens with zero attached hydrogens (tertiary/aromatic N) is 2. The molecule has 1 aromatic carbocycles. The van der Waals surface area contributed by atoms with E-state index in [1.807, 2.05) is 43.3 Å². The Bertz CT molecular complexity index is 833. The van der Waals surface area contributed by atoms with Crippen molar-refractivity contribution in [1.82, 2.24) is 4.48 Å². The molecule has 0 atom stereocenters. The van der Waals surface area contributed by atoms with Gasteiger partial charge in [-0.2, -0.15) is 0 Å². The van der Waals surface area contributed by atoms with Crippen molar-refractivity contribution in [1.29, 1.82) is 0 Å². The van der Waals surface area contributed by atoms with Gasteiger partial charge in [-0.3, -0.25) is 13.6 Å². The molecule has 0 saturated heterocycles. The summed E-state index contributed by atoms with van der Waals surface area (Å²) in [6.07, 6.45) is 3.77. The molecule has 1 aliphatic heterocycles. The van der Waals surface area contributed by atoms with Crippen LogP contribution in [0.5, 0.6) is 0 Å². The van der Waals surface area contributed by atoms with Gasteiger partial charge in [-0.25, -0.2) is 0 Å². The van der Waals surface area contributed by atoms with Crippen molar-refractivity contribution < 1.29 is 8.63 Å². The largest absolute Gasteiger partial charge is 0.677 e. The van der Waals surface area contributed by atoms with Gasteiger partial charge in [0.1, 0.15) is 0 Å². The van der Waals surface area contributed by atoms with Gasteiger partial charge in [-0.15, -0.1) is 0 Å². The molecule has 2 aromatic rings. The maximum Gasteiger partial charge on any atom is 0.677 e. The number of hydrogen-bond acceptors (Lipinski definition) is 1. The van der Waals surface area contributed by atoms with Gasteiger partial charge in [0.2, 0.25) is 0 Å². The van der Waals surface area contributed by atoms with Gasteiger partial charge in [0.25, 0.3) is 0 Å². The Morgan fingerprint density at radius 2 is 1.74 bits per heavy atom. The molecule has 2 heterocycles. The Hall–Kier alpha value is -1.70. The fourth-order valence-corrected chi connectivity index (χ4v) is 3.02. The van der Waals surface area contributed by atoms with Crippen molar-refractivity contribution in [3.8, 4) is 0 Å². The first-order chi connectivity index (χ1) is 11.0. The first-order valence-corrected chi connectivity index (χ1v) is 8.25. The molecule has 1 aliphatic rings. The molecule has 0 radical (unpaired) electrons. The number of rotatable bonds is 3. The van der Waals surface area contributed by atoms with E-state index in [-0.39, 0.29) is 0 Å². The van der Waals surface area contributed by atoms with Gasteiger partial charge in [0.15, 0.2) is 0 Å². The Kier molecular flexibility index (Phi) is 4.52. The molecule has 0 saturated carbocycles. The lowest BCUT2D eigenvalue weighted by Gasteiger charge is -2.14. The van der Waals surface area contributed by atoms with Crippen LogP contribution >= 0.6 is 22.6 Å². The Labute approximate surface area is 148 Å². The van der Waals surface area contributed by atoms with Crippen LogP contribution in [0.3, 0.4) is 0 Å². The van der Waals surface area contributed by atoms with Crippen LogP contribution < -0.4 is 0 Å². The fraction of sp³-hybridized carbons (Fsp3) is 0.118. The van der Waals surface area contributed by atoms with Crippen LogP contribution in [0.1, 0.15) is 23.9 Å². The van der Waals surface area contributed by atoms with Crippen molar-refractivity contribution in [2.24, 2.45) is 4.99 Å². The van der Waals surface area contributed by atoms with Crippen molar-refractivity contribution in [3.63, 3.8) is 0 Å². The molecule has 3 rings (SSSR count). The molecule has 0 aliphatic carbocycles. The van der Waals surface area contributed by atoms with E-state index in [0.717, 1.165) is 24.9 Å². The molecule has 0 unspecified atom stereocenters. The minimum atomic E-state index is -2.59. The fourth-order valence-electron chi connectivity index (χ4n) is 2.66. The highest BCUT2D eigenvalue weighted by atomic mass is 127. The molecule has 0 fully saturated rings. The van der Waals surface area contributed by atoms with Gasteiger partial charge in [-0.1, -0.05) is 12.1 Å². The second kappa shape index (κ2) is 6.43. The summed E-state index contributed by atoms with van der Waals surface area (Å²) in [7, 11) is -2.59. The SMILES string of the molecule is CC1=N/C(=C(\c2ccc(I)cc2)c2ccc(C)n2B(F)F)C=C1. The molecular formula is C17H14BF2IN2. The number of halogens is 3. The molecule has 0 bridgehead atoms. The van der Waals surface area contributed by atoms with E-state index >= 15 is 0 Å². The predicted molar refractivity (Wildman–Crippen MR) is 100.0 cm³/mol. The minimum absolute atomic E-state index is 0.483. The number of allylic oxidation sites excluding steroid dienone is 2. The summed E-state index contributed by atoms with van der Waals surface area (Å²) in [5.74, 6) is 0. The topological polar surface area (TPSA) is 17.3 Å². The molecule has 0 spiro atoms. The lowest BCUT2D eigenvalue weighted by molar-refractivity contribution is 0.624. The third kappa shape index (κ3) is 3.17. The van der Waals surface area contributed by atoms with Gasteiger partial charge >= 0.3 is 7.40 Å². The molecule has 0 N–H and O–H groups in total. The highest BCUT2D eigenvalue weighted by Crippen LogP contribution is 2.32. The van der Waals surface area contributed by atoms with Crippen molar-refractivity contribution in [2.75, 3.05) is 0 Å². The van der Waals surface area contributed by atoms with E-state index in [9.17, 15) is 8.63 Å². The zero-order valence-corrected chi connectivity index (χ0v) is 14.9. The molecule has 6 heteroatoms. The van der Waals surface area contributed by atoms with Crippen molar-refractivity contribution in [2.45, 2.75) is 13.8 Å². The number of aliphatic imine (C=N–C) groups is 1. The smallest absolute Gasteiger partial charge is 0.329 e. The summed E-state index contributed by atoms with van der Waals surface area (Å²) in [5, 5.41) is 0. The van der Waals surface area contributed by atoms with E-state index in [1.54, 1.807) is 19.1 Å². The second-order valence-electron chi connectivity index (χ2n) is 5.36. The van der Waals surface area contributed by atoms with Crippen LogP contribution in [0.25, 0.3) is 5.57 Å². The maximum atomic E-state index is 13.5. The molecule has 23 heavy (non-hydrogen) atoms. The normalized spacial score (nSPS) is 15.8. The highest BCUT2D eigenvalue weighted by Gasteiger charge is 2.26. The third-order valence-electron chi connectivity index (χ3n) is 3.74. The first kappa shape index (κ1) is 16.2. The van der Waals surface area contributed by atoms with Crippen LogP contribution in [-0.2, 0) is 0 Å². The van der Waals surface area contributed by atoms with Gasteiger partial charge in [-0.05, 0) is 78.4 Å². The molecule has 1 aromatic heterocycles. The Balaban J connectivity index is 2.27. The first-order valence-electron chi connectivity index (χ1n) is 7.17. The van der Waals surface area contributed by atoms with Crippen LogP contribution in [0.4, 0.5) is 8.63 Å². The summed E-state index contributed by atoms with van der Waals surface area (Å²) >= 11 is 2.22.